The Labute approximate surface area is 139 Å². The highest BCUT2D eigenvalue weighted by molar-refractivity contribution is 5.85. The van der Waals surface area contributed by atoms with Crippen LogP contribution in [-0.4, -0.2) is 21.6 Å². The Kier molecular flexibility index (Phi) is 3.39. The van der Waals surface area contributed by atoms with Crippen LogP contribution < -0.4 is 10.5 Å². The SMILES string of the molecule is COc1ncccc1-c1ccccc1-n1c(N)nc2ccccc21. The van der Waals surface area contributed by atoms with Gasteiger partial charge >= 0.3 is 0 Å². The van der Waals surface area contributed by atoms with Crippen LogP contribution in [0.4, 0.5) is 5.95 Å². The number of ether oxygens (including phenoxy) is 1. The van der Waals surface area contributed by atoms with E-state index in [-0.39, 0.29) is 0 Å². The Morgan fingerprint density at radius 1 is 0.917 bits per heavy atom. The third-order valence-electron chi connectivity index (χ3n) is 3.99. The van der Waals surface area contributed by atoms with Crippen molar-refractivity contribution < 1.29 is 4.74 Å². The predicted octanol–water partition coefficient (Wildman–Crippen LogP) is 3.68. The van der Waals surface area contributed by atoms with Gasteiger partial charge in [-0.2, -0.15) is 0 Å². The van der Waals surface area contributed by atoms with Crippen molar-refractivity contribution in [3.8, 4) is 22.7 Å². The summed E-state index contributed by atoms with van der Waals surface area (Å²) in [6.45, 7) is 0. The van der Waals surface area contributed by atoms with Gasteiger partial charge in [-0.05, 0) is 30.3 Å². The molecule has 2 aromatic carbocycles. The highest BCUT2D eigenvalue weighted by atomic mass is 16.5. The lowest BCUT2D eigenvalue weighted by atomic mass is 10.0. The normalized spacial score (nSPS) is 10.9. The first kappa shape index (κ1) is 14.3. The molecule has 0 saturated heterocycles. The standard InChI is InChI=1S/C19H16N4O/c1-24-18-14(8-6-12-21-18)13-7-2-4-10-16(13)23-17-11-5-3-9-15(17)22-19(23)20/h2-12H,1H3,(H2,20,22). The maximum absolute atomic E-state index is 6.21. The molecule has 0 aliphatic heterocycles. The molecule has 0 aliphatic rings. The summed E-state index contributed by atoms with van der Waals surface area (Å²) in [5.74, 6) is 1.03. The van der Waals surface area contributed by atoms with Crippen LogP contribution in [0.15, 0.2) is 66.9 Å². The summed E-state index contributed by atoms with van der Waals surface area (Å²) in [4.78, 5) is 8.76. The average Bonchev–Trinajstić information content (AvgIpc) is 2.97. The molecule has 2 N–H and O–H groups in total. The van der Waals surface area contributed by atoms with Gasteiger partial charge in [0.05, 0.1) is 23.8 Å². The first-order chi connectivity index (χ1) is 11.8. The number of methoxy groups -OCH3 is 1. The van der Waals surface area contributed by atoms with Crippen LogP contribution in [0, 0.1) is 0 Å². The summed E-state index contributed by atoms with van der Waals surface area (Å²) < 4.78 is 7.38. The van der Waals surface area contributed by atoms with E-state index in [0.29, 0.717) is 11.8 Å². The molecule has 5 heteroatoms. The van der Waals surface area contributed by atoms with Crippen molar-refractivity contribution in [3.63, 3.8) is 0 Å². The van der Waals surface area contributed by atoms with E-state index in [0.717, 1.165) is 27.8 Å². The van der Waals surface area contributed by atoms with Gasteiger partial charge in [-0.1, -0.05) is 30.3 Å². The molecule has 4 rings (SSSR count). The van der Waals surface area contributed by atoms with Crippen LogP contribution in [-0.2, 0) is 0 Å². The van der Waals surface area contributed by atoms with Gasteiger partial charge in [0.25, 0.3) is 0 Å². The zero-order valence-electron chi connectivity index (χ0n) is 13.2. The van der Waals surface area contributed by atoms with E-state index in [4.69, 9.17) is 10.5 Å². The maximum atomic E-state index is 6.21. The molecule has 0 unspecified atom stereocenters. The van der Waals surface area contributed by atoms with Crippen molar-refractivity contribution in [2.24, 2.45) is 0 Å². The summed E-state index contributed by atoms with van der Waals surface area (Å²) >= 11 is 0. The minimum Gasteiger partial charge on any atom is -0.481 e. The van der Waals surface area contributed by atoms with Crippen LogP contribution in [0.3, 0.4) is 0 Å². The molecule has 0 bridgehead atoms. The monoisotopic (exact) mass is 316 g/mol. The zero-order valence-corrected chi connectivity index (χ0v) is 13.2. The van der Waals surface area contributed by atoms with Gasteiger partial charge in [-0.3, -0.25) is 4.57 Å². The van der Waals surface area contributed by atoms with E-state index < -0.39 is 0 Å². The smallest absolute Gasteiger partial charge is 0.221 e. The van der Waals surface area contributed by atoms with E-state index >= 15 is 0 Å². The van der Waals surface area contributed by atoms with Crippen LogP contribution in [0.1, 0.15) is 0 Å². The molecule has 118 valence electrons. The number of anilines is 1. The first-order valence-corrected chi connectivity index (χ1v) is 7.61. The number of aromatic nitrogens is 3. The number of benzene rings is 2. The van der Waals surface area contributed by atoms with Gasteiger partial charge < -0.3 is 10.5 Å². The lowest BCUT2D eigenvalue weighted by molar-refractivity contribution is 0.399. The highest BCUT2D eigenvalue weighted by Crippen LogP contribution is 2.35. The summed E-state index contributed by atoms with van der Waals surface area (Å²) in [6.07, 6.45) is 1.71. The van der Waals surface area contributed by atoms with Crippen LogP contribution in [0.2, 0.25) is 0 Å². The molecule has 2 heterocycles. The van der Waals surface area contributed by atoms with Crippen LogP contribution in [0.5, 0.6) is 5.88 Å². The number of nitrogens with zero attached hydrogens (tertiary/aromatic N) is 3. The predicted molar refractivity (Wildman–Crippen MR) is 95.3 cm³/mol. The second-order valence-electron chi connectivity index (χ2n) is 5.37. The minimum absolute atomic E-state index is 0.450. The van der Waals surface area contributed by atoms with Crippen molar-refractivity contribution in [2.75, 3.05) is 12.8 Å². The second-order valence-corrected chi connectivity index (χ2v) is 5.37. The Morgan fingerprint density at radius 3 is 2.54 bits per heavy atom. The number of pyridine rings is 1. The van der Waals surface area contributed by atoms with E-state index in [2.05, 4.69) is 9.97 Å². The Bertz CT molecular complexity index is 1020. The largest absolute Gasteiger partial charge is 0.481 e. The number of nitrogens with two attached hydrogens (primary N) is 1. The molecule has 0 saturated carbocycles. The number of hydrogen-bond donors (Lipinski definition) is 1. The molecule has 2 aromatic heterocycles. The fraction of sp³-hybridized carbons (Fsp3) is 0.0526. The number of fused-ring (bicyclic) bond motifs is 1. The molecule has 0 atom stereocenters. The lowest BCUT2D eigenvalue weighted by Crippen LogP contribution is -2.03. The number of hydrogen-bond acceptors (Lipinski definition) is 4. The Morgan fingerprint density at radius 2 is 1.67 bits per heavy atom. The van der Waals surface area contributed by atoms with Gasteiger partial charge in [0.1, 0.15) is 0 Å². The summed E-state index contributed by atoms with van der Waals surface area (Å²) in [5.41, 5.74) is 10.9. The fourth-order valence-corrected chi connectivity index (χ4v) is 2.95. The molecular formula is C19H16N4O. The minimum atomic E-state index is 0.450. The second kappa shape index (κ2) is 5.70. The molecule has 5 nitrogen and oxygen atoms in total. The lowest BCUT2D eigenvalue weighted by Gasteiger charge is -2.14. The van der Waals surface area contributed by atoms with E-state index in [9.17, 15) is 0 Å². The van der Waals surface area contributed by atoms with E-state index in [1.54, 1.807) is 13.3 Å². The average molecular weight is 316 g/mol. The Balaban J connectivity index is 2.02. The molecule has 0 amide bonds. The van der Waals surface area contributed by atoms with Crippen molar-refractivity contribution in [1.29, 1.82) is 0 Å². The number of imidazole rings is 1. The van der Waals surface area contributed by atoms with Crippen molar-refractivity contribution in [2.45, 2.75) is 0 Å². The highest BCUT2D eigenvalue weighted by Gasteiger charge is 2.16. The van der Waals surface area contributed by atoms with Gasteiger partial charge in [0.15, 0.2) is 0 Å². The van der Waals surface area contributed by atoms with Crippen LogP contribution >= 0.6 is 0 Å². The van der Waals surface area contributed by atoms with E-state index in [1.165, 1.54) is 0 Å². The van der Waals surface area contributed by atoms with Gasteiger partial charge in [-0.25, -0.2) is 9.97 Å². The first-order valence-electron chi connectivity index (χ1n) is 7.61. The number of rotatable bonds is 3. The Hall–Kier alpha value is -3.34. The topological polar surface area (TPSA) is 66.0 Å². The molecule has 0 fully saturated rings. The molecular weight excluding hydrogens is 300 g/mol. The zero-order chi connectivity index (χ0) is 16.5. The fourth-order valence-electron chi connectivity index (χ4n) is 2.95. The van der Waals surface area contributed by atoms with Gasteiger partial charge in [0, 0.05) is 17.3 Å². The van der Waals surface area contributed by atoms with Gasteiger partial charge in [-0.15, -0.1) is 0 Å². The van der Waals surface area contributed by atoms with Gasteiger partial charge in [0.2, 0.25) is 11.8 Å². The molecule has 0 spiro atoms. The van der Waals surface area contributed by atoms with Crippen LogP contribution in [0.25, 0.3) is 27.8 Å². The maximum Gasteiger partial charge on any atom is 0.221 e. The molecule has 4 aromatic rings. The van der Waals surface area contributed by atoms with Crippen molar-refractivity contribution in [3.05, 3.63) is 66.9 Å². The number of para-hydroxylation sites is 3. The summed E-state index contributed by atoms with van der Waals surface area (Å²) in [5, 5.41) is 0. The molecule has 24 heavy (non-hydrogen) atoms. The third kappa shape index (κ3) is 2.18. The quantitative estimate of drug-likeness (QED) is 0.626. The van der Waals surface area contributed by atoms with Crippen molar-refractivity contribution in [1.82, 2.24) is 14.5 Å². The third-order valence-corrected chi connectivity index (χ3v) is 3.99. The molecule has 0 aliphatic carbocycles. The summed E-state index contributed by atoms with van der Waals surface area (Å²) in [6, 6.07) is 19.8. The summed E-state index contributed by atoms with van der Waals surface area (Å²) in [7, 11) is 1.62. The van der Waals surface area contributed by atoms with Crippen molar-refractivity contribution >= 4 is 17.0 Å². The van der Waals surface area contributed by atoms with E-state index in [1.807, 2.05) is 65.2 Å². The molecule has 0 radical (unpaired) electrons. The number of nitrogen functional groups attached to an aromatic ring is 1.